The fourth-order valence-corrected chi connectivity index (χ4v) is 1.75. The van der Waals surface area contributed by atoms with Crippen LogP contribution in [0.1, 0.15) is 15.9 Å². The topological polar surface area (TPSA) is 59.4 Å². The molecule has 18 heavy (non-hydrogen) atoms. The van der Waals surface area contributed by atoms with Crippen molar-refractivity contribution in [2.75, 3.05) is 0 Å². The van der Waals surface area contributed by atoms with Crippen molar-refractivity contribution in [3.8, 4) is 11.6 Å². The molecule has 0 amide bonds. The molecule has 2 aromatic rings. The van der Waals surface area contributed by atoms with Gasteiger partial charge >= 0.3 is 5.97 Å². The number of pyridine rings is 1. The molecule has 0 saturated carbocycles. The minimum absolute atomic E-state index is 0.0837. The summed E-state index contributed by atoms with van der Waals surface area (Å²) in [5.41, 5.74) is 0.699. The molecule has 2 rings (SSSR count). The summed E-state index contributed by atoms with van der Waals surface area (Å²) in [7, 11) is 0. The number of ether oxygens (including phenoxy) is 1. The highest BCUT2D eigenvalue weighted by molar-refractivity contribution is 9.10. The Hall–Kier alpha value is -1.88. The van der Waals surface area contributed by atoms with Crippen molar-refractivity contribution in [2.24, 2.45) is 0 Å². The molecule has 0 unspecified atom stereocenters. The molecular weight excluding hydrogens is 298 g/mol. The summed E-state index contributed by atoms with van der Waals surface area (Å²) in [5, 5.41) is 9.14. The number of carbonyl (C=O) groups is 1. The quantitative estimate of drug-likeness (QED) is 0.940. The second-order valence-corrected chi connectivity index (χ2v) is 4.58. The third-order valence-corrected chi connectivity index (χ3v) is 2.90. The molecule has 1 N–H and O–H groups in total. The molecule has 0 saturated heterocycles. The van der Waals surface area contributed by atoms with Gasteiger partial charge in [0.05, 0.1) is 0 Å². The van der Waals surface area contributed by atoms with Gasteiger partial charge in [-0.2, -0.15) is 0 Å². The van der Waals surface area contributed by atoms with Crippen LogP contribution in [0.15, 0.2) is 41.0 Å². The maximum Gasteiger partial charge on any atom is 0.341 e. The number of halogens is 1. The van der Waals surface area contributed by atoms with Crippen LogP contribution in [0.25, 0.3) is 0 Å². The number of aromatic nitrogens is 1. The smallest absolute Gasteiger partial charge is 0.341 e. The lowest BCUT2D eigenvalue weighted by atomic mass is 10.1. The second-order valence-electron chi connectivity index (χ2n) is 3.67. The average Bonchev–Trinajstić information content (AvgIpc) is 2.32. The number of aromatic carboxylic acids is 1. The number of carboxylic acid groups (broad SMARTS) is 1. The molecule has 0 spiro atoms. The Bertz CT molecular complexity index is 581. The fourth-order valence-electron chi connectivity index (χ4n) is 1.49. The largest absolute Gasteiger partial charge is 0.477 e. The molecule has 5 heteroatoms. The van der Waals surface area contributed by atoms with Crippen LogP contribution in [0.2, 0.25) is 0 Å². The Morgan fingerprint density at radius 3 is 2.56 bits per heavy atom. The molecule has 1 heterocycles. The standard InChI is InChI=1S/C13H10BrNO3/c1-8-6-7-15-12(11(8)13(16)17)18-10-4-2-9(14)3-5-10/h2-7H,1H3,(H,16,17). The van der Waals surface area contributed by atoms with Gasteiger partial charge in [0.1, 0.15) is 11.3 Å². The van der Waals surface area contributed by atoms with Gasteiger partial charge in [-0.1, -0.05) is 15.9 Å². The highest BCUT2D eigenvalue weighted by atomic mass is 79.9. The van der Waals surface area contributed by atoms with Gasteiger partial charge in [0.15, 0.2) is 0 Å². The van der Waals surface area contributed by atoms with Crippen LogP contribution >= 0.6 is 15.9 Å². The van der Waals surface area contributed by atoms with Crippen LogP contribution in [0.4, 0.5) is 0 Å². The number of hydrogen-bond donors (Lipinski definition) is 1. The molecule has 0 bridgehead atoms. The summed E-state index contributed by atoms with van der Waals surface area (Å²) in [6, 6.07) is 8.73. The number of hydrogen-bond acceptors (Lipinski definition) is 3. The van der Waals surface area contributed by atoms with Crippen LogP contribution in [0.3, 0.4) is 0 Å². The van der Waals surface area contributed by atoms with E-state index in [9.17, 15) is 4.79 Å². The first kappa shape index (κ1) is 12.6. The highest BCUT2D eigenvalue weighted by Gasteiger charge is 2.16. The lowest BCUT2D eigenvalue weighted by Gasteiger charge is -2.09. The predicted octanol–water partition coefficient (Wildman–Crippen LogP) is 3.64. The zero-order chi connectivity index (χ0) is 13.1. The third-order valence-electron chi connectivity index (χ3n) is 2.37. The summed E-state index contributed by atoms with van der Waals surface area (Å²) in [6.45, 7) is 1.71. The highest BCUT2D eigenvalue weighted by Crippen LogP contribution is 2.26. The van der Waals surface area contributed by atoms with E-state index in [1.165, 1.54) is 6.20 Å². The van der Waals surface area contributed by atoms with Crippen LogP contribution < -0.4 is 4.74 Å². The molecule has 0 atom stereocenters. The zero-order valence-corrected chi connectivity index (χ0v) is 11.1. The molecule has 1 aromatic heterocycles. The molecular formula is C13H10BrNO3. The van der Waals surface area contributed by atoms with Gasteiger partial charge in [0.2, 0.25) is 5.88 Å². The van der Waals surface area contributed by atoms with E-state index in [-0.39, 0.29) is 11.4 Å². The van der Waals surface area contributed by atoms with Gasteiger partial charge in [-0.3, -0.25) is 0 Å². The zero-order valence-electron chi connectivity index (χ0n) is 9.55. The first-order chi connectivity index (χ1) is 8.58. The van der Waals surface area contributed by atoms with Crippen LogP contribution in [-0.4, -0.2) is 16.1 Å². The van der Waals surface area contributed by atoms with Crippen LogP contribution in [0.5, 0.6) is 11.6 Å². The summed E-state index contributed by atoms with van der Waals surface area (Å²) >= 11 is 3.31. The van der Waals surface area contributed by atoms with Gasteiger partial charge in [-0.15, -0.1) is 0 Å². The summed E-state index contributed by atoms with van der Waals surface area (Å²) in [4.78, 5) is 15.1. The minimum atomic E-state index is -1.05. The Balaban J connectivity index is 2.37. The molecule has 0 aliphatic heterocycles. The van der Waals surface area contributed by atoms with E-state index in [0.717, 1.165) is 4.47 Å². The second kappa shape index (κ2) is 5.18. The fraction of sp³-hybridized carbons (Fsp3) is 0.0769. The first-order valence-corrected chi connectivity index (χ1v) is 5.99. The molecule has 4 nitrogen and oxygen atoms in total. The number of carboxylic acids is 1. The van der Waals surface area contributed by atoms with Crippen molar-refractivity contribution < 1.29 is 14.6 Å². The number of rotatable bonds is 3. The van der Waals surface area contributed by atoms with Crippen molar-refractivity contribution in [1.82, 2.24) is 4.98 Å². The van der Waals surface area contributed by atoms with E-state index in [1.807, 2.05) is 12.1 Å². The predicted molar refractivity (Wildman–Crippen MR) is 70.1 cm³/mol. The van der Waals surface area contributed by atoms with Crippen molar-refractivity contribution in [1.29, 1.82) is 0 Å². The van der Waals surface area contributed by atoms with Crippen molar-refractivity contribution in [2.45, 2.75) is 6.92 Å². The van der Waals surface area contributed by atoms with E-state index in [1.54, 1.807) is 25.1 Å². The van der Waals surface area contributed by atoms with Crippen LogP contribution in [0, 0.1) is 6.92 Å². The first-order valence-electron chi connectivity index (χ1n) is 5.20. The number of nitrogens with zero attached hydrogens (tertiary/aromatic N) is 1. The SMILES string of the molecule is Cc1ccnc(Oc2ccc(Br)cc2)c1C(=O)O. The number of benzene rings is 1. The lowest BCUT2D eigenvalue weighted by molar-refractivity contribution is 0.0692. The van der Waals surface area contributed by atoms with Crippen molar-refractivity contribution in [3.05, 3.63) is 52.1 Å². The molecule has 0 radical (unpaired) electrons. The lowest BCUT2D eigenvalue weighted by Crippen LogP contribution is -2.04. The molecule has 92 valence electrons. The number of aryl methyl sites for hydroxylation is 1. The molecule has 1 aromatic carbocycles. The Morgan fingerprint density at radius 1 is 1.28 bits per heavy atom. The summed E-state index contributed by atoms with van der Waals surface area (Å²) < 4.78 is 6.42. The van der Waals surface area contributed by atoms with Gasteiger partial charge in [-0.05, 0) is 42.8 Å². The Labute approximate surface area is 112 Å². The maximum absolute atomic E-state index is 11.2. The average molecular weight is 308 g/mol. The minimum Gasteiger partial charge on any atom is -0.477 e. The normalized spacial score (nSPS) is 10.1. The van der Waals surface area contributed by atoms with Gasteiger partial charge in [-0.25, -0.2) is 9.78 Å². The van der Waals surface area contributed by atoms with E-state index < -0.39 is 5.97 Å². The van der Waals surface area contributed by atoms with Gasteiger partial charge in [0, 0.05) is 10.7 Å². The van der Waals surface area contributed by atoms with E-state index in [4.69, 9.17) is 9.84 Å². The molecule has 0 aliphatic carbocycles. The van der Waals surface area contributed by atoms with E-state index in [0.29, 0.717) is 11.3 Å². The van der Waals surface area contributed by atoms with Gasteiger partial charge in [0.25, 0.3) is 0 Å². The Kier molecular flexibility index (Phi) is 3.62. The molecule has 0 fully saturated rings. The van der Waals surface area contributed by atoms with Crippen LogP contribution in [-0.2, 0) is 0 Å². The maximum atomic E-state index is 11.2. The summed E-state index contributed by atoms with van der Waals surface area (Å²) in [5.74, 6) is -0.406. The molecule has 0 aliphatic rings. The van der Waals surface area contributed by atoms with Crippen molar-refractivity contribution in [3.63, 3.8) is 0 Å². The van der Waals surface area contributed by atoms with Gasteiger partial charge < -0.3 is 9.84 Å². The monoisotopic (exact) mass is 307 g/mol. The van der Waals surface area contributed by atoms with E-state index in [2.05, 4.69) is 20.9 Å². The summed E-state index contributed by atoms with van der Waals surface area (Å²) in [6.07, 6.45) is 1.52. The third kappa shape index (κ3) is 2.68. The van der Waals surface area contributed by atoms with E-state index >= 15 is 0 Å². The Morgan fingerprint density at radius 2 is 1.94 bits per heavy atom. The van der Waals surface area contributed by atoms with Crippen molar-refractivity contribution >= 4 is 21.9 Å².